The van der Waals surface area contributed by atoms with Gasteiger partial charge >= 0.3 is 0 Å². The van der Waals surface area contributed by atoms with Gasteiger partial charge in [-0.2, -0.15) is 0 Å². The van der Waals surface area contributed by atoms with Gasteiger partial charge in [-0.15, -0.1) is 0 Å². The van der Waals surface area contributed by atoms with Gasteiger partial charge in [0.15, 0.2) is 10.3 Å². The van der Waals surface area contributed by atoms with Crippen molar-refractivity contribution in [3.05, 3.63) is 53.6 Å². The number of rotatable bonds is 3. The molecule has 0 aliphatic carbocycles. The molecule has 0 spiro atoms. The maximum absolute atomic E-state index is 5.91. The van der Waals surface area contributed by atoms with Crippen molar-refractivity contribution in [2.24, 2.45) is 0 Å². The third-order valence-electron chi connectivity index (χ3n) is 2.18. The maximum atomic E-state index is 5.91. The van der Waals surface area contributed by atoms with E-state index in [1.54, 1.807) is 24.7 Å². The Morgan fingerprint density at radius 2 is 2.11 bits per heavy atom. The highest BCUT2D eigenvalue weighted by molar-refractivity contribution is 7.80. The molecular weight excluding hydrogens is 268 g/mol. The van der Waals surface area contributed by atoms with Crippen molar-refractivity contribution in [3.63, 3.8) is 0 Å². The van der Waals surface area contributed by atoms with Crippen molar-refractivity contribution in [1.29, 1.82) is 0 Å². The molecule has 2 aromatic heterocycles. The van der Waals surface area contributed by atoms with Crippen LogP contribution < -0.4 is 10.6 Å². The van der Waals surface area contributed by atoms with Crippen molar-refractivity contribution >= 4 is 34.6 Å². The quantitative estimate of drug-likeness (QED) is 0.668. The second-order valence-corrected chi connectivity index (χ2v) is 4.28. The molecule has 0 radical (unpaired) electrons. The Hall–Kier alpha value is -1.72. The van der Waals surface area contributed by atoms with E-state index in [1.807, 2.05) is 18.2 Å². The molecular formula is C12H11ClN4S. The molecule has 4 nitrogen and oxygen atoms in total. The number of thiocarbonyl (C=S) groups is 1. The van der Waals surface area contributed by atoms with E-state index in [0.717, 1.165) is 5.56 Å². The largest absolute Gasteiger partial charge is 0.358 e. The second-order valence-electron chi connectivity index (χ2n) is 3.51. The van der Waals surface area contributed by atoms with Gasteiger partial charge in [-0.05, 0) is 36.0 Å². The Kier molecular flexibility index (Phi) is 4.44. The monoisotopic (exact) mass is 278 g/mol. The minimum Gasteiger partial charge on any atom is -0.358 e. The number of hydrogen-bond acceptors (Lipinski definition) is 3. The lowest BCUT2D eigenvalue weighted by Gasteiger charge is -2.10. The smallest absolute Gasteiger partial charge is 0.171 e. The van der Waals surface area contributed by atoms with Crippen molar-refractivity contribution in [2.45, 2.75) is 6.54 Å². The molecule has 2 heterocycles. The first kappa shape index (κ1) is 12.7. The second kappa shape index (κ2) is 6.28. The van der Waals surface area contributed by atoms with Crippen LogP contribution in [-0.2, 0) is 6.54 Å². The summed E-state index contributed by atoms with van der Waals surface area (Å²) < 4.78 is 0. The molecule has 0 amide bonds. The fraction of sp³-hybridized carbons (Fsp3) is 0.0833. The lowest BCUT2D eigenvalue weighted by atomic mass is 10.3. The van der Waals surface area contributed by atoms with E-state index in [1.165, 1.54) is 0 Å². The topological polar surface area (TPSA) is 49.8 Å². The number of aromatic nitrogens is 2. The summed E-state index contributed by atoms with van der Waals surface area (Å²) in [6.45, 7) is 0.609. The first-order valence-corrected chi connectivity index (χ1v) is 6.08. The standard InChI is InChI=1S/C12H11ClN4S/c13-11-10(4-2-6-15-11)17-12(18)16-8-9-3-1-5-14-7-9/h1-7H,8H2,(H2,16,17,18). The zero-order chi connectivity index (χ0) is 12.8. The summed E-state index contributed by atoms with van der Waals surface area (Å²) in [7, 11) is 0. The molecule has 2 rings (SSSR count). The molecule has 6 heteroatoms. The van der Waals surface area contributed by atoms with Crippen molar-refractivity contribution in [2.75, 3.05) is 5.32 Å². The van der Waals surface area contributed by atoms with Crippen LogP contribution in [0.3, 0.4) is 0 Å². The Morgan fingerprint density at radius 1 is 1.28 bits per heavy atom. The Labute approximate surface area is 115 Å². The van der Waals surface area contributed by atoms with E-state index in [0.29, 0.717) is 22.5 Å². The Morgan fingerprint density at radius 3 is 2.83 bits per heavy atom. The first-order chi connectivity index (χ1) is 8.75. The van der Waals surface area contributed by atoms with Gasteiger partial charge in [0.2, 0.25) is 0 Å². The minimum absolute atomic E-state index is 0.392. The van der Waals surface area contributed by atoms with E-state index in [9.17, 15) is 0 Å². The summed E-state index contributed by atoms with van der Waals surface area (Å²) in [5, 5.41) is 6.94. The fourth-order valence-corrected chi connectivity index (χ4v) is 1.68. The van der Waals surface area contributed by atoms with Crippen LogP contribution in [-0.4, -0.2) is 15.1 Å². The van der Waals surface area contributed by atoms with Gasteiger partial charge in [0.05, 0.1) is 5.69 Å². The number of nitrogens with zero attached hydrogens (tertiary/aromatic N) is 2. The summed E-state index contributed by atoms with van der Waals surface area (Å²) in [5.74, 6) is 0. The van der Waals surface area contributed by atoms with Gasteiger partial charge in [-0.3, -0.25) is 4.98 Å². The highest BCUT2D eigenvalue weighted by Gasteiger charge is 2.02. The lowest BCUT2D eigenvalue weighted by molar-refractivity contribution is 0.916. The van der Waals surface area contributed by atoms with Gasteiger partial charge in [-0.1, -0.05) is 17.7 Å². The first-order valence-electron chi connectivity index (χ1n) is 5.30. The molecule has 18 heavy (non-hydrogen) atoms. The van der Waals surface area contributed by atoms with Crippen LogP contribution >= 0.6 is 23.8 Å². The number of nitrogens with one attached hydrogen (secondary N) is 2. The molecule has 0 saturated heterocycles. The normalized spacial score (nSPS) is 9.83. The summed E-state index contributed by atoms with van der Waals surface area (Å²) in [5.41, 5.74) is 1.74. The van der Waals surface area contributed by atoms with Crippen molar-refractivity contribution < 1.29 is 0 Å². The predicted octanol–water partition coefficient (Wildman–Crippen LogP) is 2.62. The summed E-state index contributed by atoms with van der Waals surface area (Å²) in [6, 6.07) is 7.45. The van der Waals surface area contributed by atoms with E-state index in [4.69, 9.17) is 23.8 Å². The third-order valence-corrected chi connectivity index (χ3v) is 2.73. The number of hydrogen-bond donors (Lipinski definition) is 2. The van der Waals surface area contributed by atoms with E-state index in [-0.39, 0.29) is 0 Å². The molecule has 0 fully saturated rings. The molecule has 2 N–H and O–H groups in total. The minimum atomic E-state index is 0.392. The Bertz CT molecular complexity index is 533. The molecule has 0 saturated carbocycles. The van der Waals surface area contributed by atoms with Gasteiger partial charge in [0, 0.05) is 25.1 Å². The molecule has 0 unspecified atom stereocenters. The highest BCUT2D eigenvalue weighted by atomic mass is 35.5. The predicted molar refractivity (Wildman–Crippen MR) is 76.5 cm³/mol. The summed E-state index contributed by atoms with van der Waals surface area (Å²) in [6.07, 6.45) is 5.14. The van der Waals surface area contributed by atoms with Crippen LogP contribution in [0.5, 0.6) is 0 Å². The third kappa shape index (κ3) is 3.65. The Balaban J connectivity index is 1.88. The molecule has 0 aromatic carbocycles. The molecule has 92 valence electrons. The molecule has 0 bridgehead atoms. The van der Waals surface area contributed by atoms with Gasteiger partial charge < -0.3 is 10.6 Å². The van der Waals surface area contributed by atoms with Crippen LogP contribution in [0.15, 0.2) is 42.9 Å². The van der Waals surface area contributed by atoms with Crippen LogP contribution in [0.25, 0.3) is 0 Å². The number of halogens is 1. The van der Waals surface area contributed by atoms with E-state index >= 15 is 0 Å². The van der Waals surface area contributed by atoms with Crippen molar-refractivity contribution in [3.8, 4) is 0 Å². The zero-order valence-electron chi connectivity index (χ0n) is 9.43. The van der Waals surface area contributed by atoms with Crippen LogP contribution in [0.2, 0.25) is 5.15 Å². The van der Waals surface area contributed by atoms with E-state index < -0.39 is 0 Å². The number of anilines is 1. The fourth-order valence-electron chi connectivity index (χ4n) is 1.33. The van der Waals surface area contributed by atoms with Crippen LogP contribution in [0, 0.1) is 0 Å². The molecule has 0 aliphatic heterocycles. The van der Waals surface area contributed by atoms with E-state index in [2.05, 4.69) is 20.6 Å². The van der Waals surface area contributed by atoms with Crippen molar-refractivity contribution in [1.82, 2.24) is 15.3 Å². The highest BCUT2D eigenvalue weighted by Crippen LogP contribution is 2.16. The average molecular weight is 279 g/mol. The summed E-state index contributed by atoms with van der Waals surface area (Å²) in [4.78, 5) is 7.98. The number of pyridine rings is 2. The molecule has 2 aromatic rings. The van der Waals surface area contributed by atoms with Gasteiger partial charge in [-0.25, -0.2) is 4.98 Å². The van der Waals surface area contributed by atoms with Gasteiger partial charge in [0.25, 0.3) is 0 Å². The lowest BCUT2D eigenvalue weighted by Crippen LogP contribution is -2.28. The SMILES string of the molecule is S=C(NCc1cccnc1)Nc1cccnc1Cl. The molecule has 0 atom stereocenters. The molecule has 0 aliphatic rings. The average Bonchev–Trinajstić information content (AvgIpc) is 2.40. The van der Waals surface area contributed by atoms with Crippen LogP contribution in [0.1, 0.15) is 5.56 Å². The maximum Gasteiger partial charge on any atom is 0.171 e. The summed E-state index contributed by atoms with van der Waals surface area (Å²) >= 11 is 11.1. The van der Waals surface area contributed by atoms with Gasteiger partial charge in [0.1, 0.15) is 0 Å². The zero-order valence-corrected chi connectivity index (χ0v) is 11.0. The van der Waals surface area contributed by atoms with Crippen LogP contribution in [0.4, 0.5) is 5.69 Å².